The van der Waals surface area contributed by atoms with E-state index in [9.17, 15) is 4.79 Å². The first-order valence-corrected chi connectivity index (χ1v) is 7.58. The van der Waals surface area contributed by atoms with Crippen LogP contribution in [0.1, 0.15) is 87.9 Å². The van der Waals surface area contributed by atoms with E-state index in [0.29, 0.717) is 6.42 Å². The van der Waals surface area contributed by atoms with Gasteiger partial charge in [0.2, 0.25) is 5.91 Å². The number of hydrogen-bond donors (Lipinski definition) is 1. The molecule has 17 heavy (non-hydrogen) atoms. The molecule has 2 nitrogen and oxygen atoms in total. The van der Waals surface area contributed by atoms with Crippen molar-refractivity contribution in [2.24, 2.45) is 0 Å². The van der Waals surface area contributed by atoms with Gasteiger partial charge in [-0.05, 0) is 13.3 Å². The summed E-state index contributed by atoms with van der Waals surface area (Å²) in [5, 5.41) is 2.81. The monoisotopic (exact) mass is 247 g/mol. The van der Waals surface area contributed by atoms with E-state index in [1.54, 1.807) is 0 Å². The fraction of sp³-hybridized carbons (Fsp3) is 0.933. The third kappa shape index (κ3) is 25.6. The highest BCUT2D eigenvalue weighted by Gasteiger charge is 1.97. The molecule has 0 fully saturated rings. The Kier molecular flexibility index (Phi) is 31.5. The summed E-state index contributed by atoms with van der Waals surface area (Å²) in [5.74, 6) is 0.206. The van der Waals surface area contributed by atoms with Crippen LogP contribution in [0.15, 0.2) is 0 Å². The summed E-state index contributed by atoms with van der Waals surface area (Å²) in [6, 6.07) is 0. The second-order valence-electron chi connectivity index (χ2n) is 3.47. The van der Waals surface area contributed by atoms with Gasteiger partial charge < -0.3 is 5.32 Å². The third-order valence-electron chi connectivity index (χ3n) is 2.13. The molecule has 0 aliphatic heterocycles. The van der Waals surface area contributed by atoms with Crippen molar-refractivity contribution in [1.82, 2.24) is 5.32 Å². The van der Waals surface area contributed by atoms with Crippen LogP contribution in [-0.2, 0) is 4.79 Å². The number of rotatable bonds is 8. The SMILES string of the molecule is CC.CC.CCCCCCCCC(=O)NCC.[HH]. The zero-order valence-corrected chi connectivity index (χ0v) is 13.1. The molecular weight excluding hydrogens is 210 g/mol. The van der Waals surface area contributed by atoms with E-state index in [-0.39, 0.29) is 7.33 Å². The summed E-state index contributed by atoms with van der Waals surface area (Å²) in [5.41, 5.74) is 0. The third-order valence-corrected chi connectivity index (χ3v) is 2.13. The molecule has 0 spiro atoms. The first-order chi connectivity index (χ1) is 8.31. The Morgan fingerprint density at radius 3 is 1.82 bits per heavy atom. The van der Waals surface area contributed by atoms with Gasteiger partial charge in [-0.3, -0.25) is 4.79 Å². The predicted molar refractivity (Wildman–Crippen MR) is 81.5 cm³/mol. The smallest absolute Gasteiger partial charge is 0.219 e. The highest BCUT2D eigenvalue weighted by Crippen LogP contribution is 2.06. The summed E-state index contributed by atoms with van der Waals surface area (Å²) in [4.78, 5) is 11.0. The van der Waals surface area contributed by atoms with Gasteiger partial charge in [0, 0.05) is 14.4 Å². The average molecular weight is 247 g/mol. The second kappa shape index (κ2) is 24.6. The molecule has 0 saturated heterocycles. The topological polar surface area (TPSA) is 29.1 Å². The van der Waals surface area contributed by atoms with Crippen LogP contribution in [0.5, 0.6) is 0 Å². The number of nitrogens with one attached hydrogen (secondary N) is 1. The van der Waals surface area contributed by atoms with Crippen molar-refractivity contribution in [1.29, 1.82) is 0 Å². The van der Waals surface area contributed by atoms with Crippen LogP contribution in [0.4, 0.5) is 0 Å². The molecule has 0 aromatic rings. The molecule has 0 saturated carbocycles. The minimum absolute atomic E-state index is 0. The zero-order chi connectivity index (χ0) is 13.9. The Labute approximate surface area is 111 Å². The lowest BCUT2D eigenvalue weighted by atomic mass is 10.1. The lowest BCUT2D eigenvalue weighted by molar-refractivity contribution is -0.121. The molecule has 0 aliphatic carbocycles. The van der Waals surface area contributed by atoms with Crippen molar-refractivity contribution in [3.8, 4) is 0 Å². The van der Waals surface area contributed by atoms with Crippen molar-refractivity contribution >= 4 is 5.91 Å². The first kappa shape index (κ1) is 21.7. The molecule has 1 N–H and O–H groups in total. The van der Waals surface area contributed by atoms with E-state index < -0.39 is 0 Å². The van der Waals surface area contributed by atoms with E-state index in [1.165, 1.54) is 32.1 Å². The van der Waals surface area contributed by atoms with Gasteiger partial charge in [0.25, 0.3) is 0 Å². The number of hydrogen-bond acceptors (Lipinski definition) is 1. The molecule has 0 atom stereocenters. The Bertz CT molecular complexity index is 130. The standard InChI is InChI=1S/C11H23NO.2C2H6.H2/c1-3-5-6-7-8-9-10-11(13)12-4-2;2*1-2;/h3-10H2,1-2H3,(H,12,13);2*1-2H3;1H. The van der Waals surface area contributed by atoms with Crippen LogP contribution in [0.3, 0.4) is 0 Å². The quantitative estimate of drug-likeness (QED) is 0.589. The summed E-state index contributed by atoms with van der Waals surface area (Å²) in [6.07, 6.45) is 8.20. The van der Waals surface area contributed by atoms with Gasteiger partial charge in [-0.25, -0.2) is 0 Å². The fourth-order valence-electron chi connectivity index (χ4n) is 1.35. The summed E-state index contributed by atoms with van der Waals surface area (Å²) in [6.45, 7) is 12.9. The van der Waals surface area contributed by atoms with E-state index in [0.717, 1.165) is 13.0 Å². The largest absolute Gasteiger partial charge is 0.356 e. The molecule has 0 heterocycles. The van der Waals surface area contributed by atoms with Gasteiger partial charge in [0.15, 0.2) is 0 Å². The van der Waals surface area contributed by atoms with Gasteiger partial charge >= 0.3 is 0 Å². The Hall–Kier alpha value is -0.530. The first-order valence-electron chi connectivity index (χ1n) is 7.58. The maximum Gasteiger partial charge on any atom is 0.219 e. The molecule has 108 valence electrons. The van der Waals surface area contributed by atoms with Gasteiger partial charge in [-0.15, -0.1) is 0 Å². The van der Waals surface area contributed by atoms with Crippen LogP contribution < -0.4 is 5.32 Å². The summed E-state index contributed by atoms with van der Waals surface area (Å²) in [7, 11) is 0. The van der Waals surface area contributed by atoms with Crippen molar-refractivity contribution in [2.45, 2.75) is 86.5 Å². The minimum Gasteiger partial charge on any atom is -0.356 e. The molecular formula is C15H37NO. The van der Waals surface area contributed by atoms with Gasteiger partial charge in [-0.1, -0.05) is 66.7 Å². The Morgan fingerprint density at radius 1 is 0.882 bits per heavy atom. The van der Waals surface area contributed by atoms with E-state index >= 15 is 0 Å². The molecule has 0 radical (unpaired) electrons. The van der Waals surface area contributed by atoms with Gasteiger partial charge in [0.05, 0.1) is 0 Å². The second-order valence-corrected chi connectivity index (χ2v) is 3.47. The lowest BCUT2D eigenvalue weighted by Crippen LogP contribution is -2.21. The molecule has 0 unspecified atom stereocenters. The maximum atomic E-state index is 11.0. The van der Waals surface area contributed by atoms with E-state index in [1.807, 2.05) is 34.6 Å². The van der Waals surface area contributed by atoms with Crippen LogP contribution in [0, 0.1) is 0 Å². The minimum atomic E-state index is 0. The summed E-state index contributed by atoms with van der Waals surface area (Å²) >= 11 is 0. The number of carbonyl (C=O) groups excluding carboxylic acids is 1. The average Bonchev–Trinajstić information content (AvgIpc) is 2.39. The molecule has 0 rings (SSSR count). The molecule has 2 heteroatoms. The van der Waals surface area contributed by atoms with E-state index in [4.69, 9.17) is 0 Å². The highest BCUT2D eigenvalue weighted by atomic mass is 16.1. The fourth-order valence-corrected chi connectivity index (χ4v) is 1.35. The molecule has 1 amide bonds. The number of unbranched alkanes of at least 4 members (excludes halogenated alkanes) is 5. The van der Waals surface area contributed by atoms with Crippen molar-refractivity contribution < 1.29 is 6.22 Å². The van der Waals surface area contributed by atoms with Crippen LogP contribution in [0.2, 0.25) is 0 Å². The highest BCUT2D eigenvalue weighted by molar-refractivity contribution is 5.75. The normalized spacial score (nSPS) is 8.35. The van der Waals surface area contributed by atoms with Gasteiger partial charge in [-0.2, -0.15) is 0 Å². The number of amides is 1. The van der Waals surface area contributed by atoms with Crippen LogP contribution in [-0.4, -0.2) is 12.5 Å². The predicted octanol–water partition coefficient (Wildman–Crippen LogP) is 5.17. The molecule has 0 aromatic heterocycles. The van der Waals surface area contributed by atoms with Crippen molar-refractivity contribution in [2.75, 3.05) is 6.54 Å². The van der Waals surface area contributed by atoms with E-state index in [2.05, 4.69) is 12.2 Å². The maximum absolute atomic E-state index is 11.0. The van der Waals surface area contributed by atoms with Gasteiger partial charge in [0.1, 0.15) is 0 Å². The number of carbonyl (C=O) groups is 1. The lowest BCUT2D eigenvalue weighted by Gasteiger charge is -2.01. The summed E-state index contributed by atoms with van der Waals surface area (Å²) < 4.78 is 0. The Morgan fingerprint density at radius 2 is 1.35 bits per heavy atom. The van der Waals surface area contributed by atoms with Crippen LogP contribution >= 0.6 is 0 Å². The van der Waals surface area contributed by atoms with Crippen molar-refractivity contribution in [3.05, 3.63) is 0 Å². The molecule has 0 aliphatic rings. The molecule has 0 bridgehead atoms. The Balaban J connectivity index is -0.000000177. The molecule has 0 aromatic carbocycles. The van der Waals surface area contributed by atoms with Crippen molar-refractivity contribution in [3.63, 3.8) is 0 Å². The van der Waals surface area contributed by atoms with Crippen LogP contribution in [0.25, 0.3) is 0 Å². The zero-order valence-electron chi connectivity index (χ0n) is 13.1.